The van der Waals surface area contributed by atoms with Crippen molar-refractivity contribution in [1.82, 2.24) is 9.80 Å². The molecule has 1 N–H and O–H groups in total. The number of amides is 3. The fourth-order valence-electron chi connectivity index (χ4n) is 3.58. The van der Waals surface area contributed by atoms with Crippen molar-refractivity contribution in [2.75, 3.05) is 32.5 Å². The van der Waals surface area contributed by atoms with Gasteiger partial charge in [-0.2, -0.15) is 5.26 Å². The summed E-state index contributed by atoms with van der Waals surface area (Å²) in [5, 5.41) is 11.7. The number of carbonyl (C=O) groups is 2. The molecule has 0 spiro atoms. The Labute approximate surface area is 171 Å². The third-order valence-electron chi connectivity index (χ3n) is 5.42. The fraction of sp³-hybridized carbons (Fsp3) is 0.348. The number of piperidine rings is 1. The second-order valence-corrected chi connectivity index (χ2v) is 7.65. The second kappa shape index (κ2) is 8.78. The van der Waals surface area contributed by atoms with Crippen LogP contribution in [0.15, 0.2) is 42.5 Å². The van der Waals surface area contributed by atoms with Gasteiger partial charge >= 0.3 is 6.03 Å². The third kappa shape index (κ3) is 4.75. The molecule has 0 unspecified atom stereocenters. The van der Waals surface area contributed by atoms with E-state index >= 15 is 0 Å². The zero-order valence-electron chi connectivity index (χ0n) is 17.1. The smallest absolute Gasteiger partial charge is 0.321 e. The minimum atomic E-state index is -0.226. The molecule has 150 valence electrons. The minimum Gasteiger partial charge on any atom is -0.339 e. The summed E-state index contributed by atoms with van der Waals surface area (Å²) in [6.07, 6.45) is 1.79. The SMILES string of the molecule is Cc1ccc(NC(=O)N(C)C)cc1C(=O)N1CCC(c2ccc(C#N)cc2)CC1. The van der Waals surface area contributed by atoms with Crippen LogP contribution in [0, 0.1) is 18.3 Å². The molecule has 6 heteroatoms. The molecule has 1 aliphatic heterocycles. The normalized spacial score (nSPS) is 14.2. The van der Waals surface area contributed by atoms with E-state index in [1.54, 1.807) is 20.2 Å². The number of carbonyl (C=O) groups excluding carboxylic acids is 2. The average molecular weight is 390 g/mol. The summed E-state index contributed by atoms with van der Waals surface area (Å²) in [6.45, 7) is 3.29. The molecule has 0 saturated carbocycles. The Morgan fingerprint density at radius 2 is 1.76 bits per heavy atom. The van der Waals surface area contributed by atoms with Crippen LogP contribution < -0.4 is 5.32 Å². The van der Waals surface area contributed by atoms with Crippen LogP contribution in [0.5, 0.6) is 0 Å². The minimum absolute atomic E-state index is 0.00160. The molecule has 0 radical (unpaired) electrons. The van der Waals surface area contributed by atoms with Crippen LogP contribution in [0.25, 0.3) is 0 Å². The molecule has 0 atom stereocenters. The molecule has 0 aromatic heterocycles. The summed E-state index contributed by atoms with van der Waals surface area (Å²) < 4.78 is 0. The van der Waals surface area contributed by atoms with Gasteiger partial charge in [0.05, 0.1) is 11.6 Å². The topological polar surface area (TPSA) is 76.4 Å². The largest absolute Gasteiger partial charge is 0.339 e. The Bertz CT molecular complexity index is 936. The maximum Gasteiger partial charge on any atom is 0.321 e. The van der Waals surface area contributed by atoms with E-state index in [1.807, 2.05) is 48.2 Å². The van der Waals surface area contributed by atoms with Gasteiger partial charge in [-0.05, 0) is 61.1 Å². The van der Waals surface area contributed by atoms with Gasteiger partial charge < -0.3 is 15.1 Å². The van der Waals surface area contributed by atoms with Crippen LogP contribution in [-0.4, -0.2) is 48.9 Å². The molecule has 1 fully saturated rings. The predicted octanol–water partition coefficient (Wildman–Crippen LogP) is 3.98. The van der Waals surface area contributed by atoms with Gasteiger partial charge in [0.1, 0.15) is 0 Å². The molecule has 2 aromatic rings. The van der Waals surface area contributed by atoms with Crippen molar-refractivity contribution in [3.63, 3.8) is 0 Å². The Balaban J connectivity index is 1.67. The molecular weight excluding hydrogens is 364 g/mol. The van der Waals surface area contributed by atoms with Gasteiger partial charge in [-0.1, -0.05) is 18.2 Å². The molecule has 0 bridgehead atoms. The van der Waals surface area contributed by atoms with Gasteiger partial charge in [0.25, 0.3) is 5.91 Å². The first kappa shape index (κ1) is 20.4. The summed E-state index contributed by atoms with van der Waals surface area (Å²) in [4.78, 5) is 28.3. The molecule has 1 aliphatic rings. The highest BCUT2D eigenvalue weighted by atomic mass is 16.2. The molecule has 1 saturated heterocycles. The summed E-state index contributed by atoms with van der Waals surface area (Å²) in [5.41, 5.74) is 4.02. The van der Waals surface area contributed by atoms with Crippen molar-refractivity contribution in [1.29, 1.82) is 5.26 Å². The number of hydrogen-bond donors (Lipinski definition) is 1. The Kier molecular flexibility index (Phi) is 6.18. The van der Waals surface area contributed by atoms with Crippen molar-refractivity contribution in [3.05, 3.63) is 64.7 Å². The first-order chi connectivity index (χ1) is 13.9. The lowest BCUT2D eigenvalue weighted by atomic mass is 9.88. The van der Waals surface area contributed by atoms with Crippen molar-refractivity contribution < 1.29 is 9.59 Å². The zero-order valence-corrected chi connectivity index (χ0v) is 17.1. The summed E-state index contributed by atoms with van der Waals surface area (Å²) in [5.74, 6) is 0.403. The number of nitrogens with one attached hydrogen (secondary N) is 1. The monoisotopic (exact) mass is 390 g/mol. The van der Waals surface area contributed by atoms with Crippen LogP contribution in [0.2, 0.25) is 0 Å². The van der Waals surface area contributed by atoms with Crippen molar-refractivity contribution >= 4 is 17.6 Å². The highest BCUT2D eigenvalue weighted by Crippen LogP contribution is 2.29. The first-order valence-corrected chi connectivity index (χ1v) is 9.77. The number of nitriles is 1. The molecule has 3 amide bonds. The second-order valence-electron chi connectivity index (χ2n) is 7.65. The van der Waals surface area contributed by atoms with E-state index in [0.29, 0.717) is 35.8 Å². The molecule has 6 nitrogen and oxygen atoms in total. The number of anilines is 1. The van der Waals surface area contributed by atoms with Crippen LogP contribution in [-0.2, 0) is 0 Å². The summed E-state index contributed by atoms with van der Waals surface area (Å²) in [7, 11) is 3.35. The number of rotatable bonds is 3. The zero-order chi connectivity index (χ0) is 21.0. The van der Waals surface area contributed by atoms with E-state index in [1.165, 1.54) is 10.5 Å². The lowest BCUT2D eigenvalue weighted by molar-refractivity contribution is 0.0712. The lowest BCUT2D eigenvalue weighted by Crippen LogP contribution is -2.38. The van der Waals surface area contributed by atoms with E-state index in [0.717, 1.165) is 18.4 Å². The summed E-state index contributed by atoms with van der Waals surface area (Å²) in [6, 6.07) is 15.1. The Morgan fingerprint density at radius 1 is 1.10 bits per heavy atom. The van der Waals surface area contributed by atoms with Crippen LogP contribution >= 0.6 is 0 Å². The number of aryl methyl sites for hydroxylation is 1. The highest BCUT2D eigenvalue weighted by molar-refractivity contribution is 5.98. The molecule has 3 rings (SSSR count). The van der Waals surface area contributed by atoms with Gasteiger partial charge in [-0.15, -0.1) is 0 Å². The van der Waals surface area contributed by atoms with Crippen molar-refractivity contribution in [2.24, 2.45) is 0 Å². The maximum absolute atomic E-state index is 13.1. The molecular formula is C23H26N4O2. The van der Waals surface area contributed by atoms with Crippen LogP contribution in [0.1, 0.15) is 45.8 Å². The standard InChI is InChI=1S/C23H26N4O2/c1-16-4-9-20(25-23(29)26(2)3)14-21(16)22(28)27-12-10-19(11-13-27)18-7-5-17(15-24)6-8-18/h4-9,14,19H,10-13H2,1-3H3,(H,25,29). The molecule has 29 heavy (non-hydrogen) atoms. The Morgan fingerprint density at radius 3 is 2.34 bits per heavy atom. The quantitative estimate of drug-likeness (QED) is 0.861. The molecule has 1 heterocycles. The number of hydrogen-bond acceptors (Lipinski definition) is 3. The lowest BCUT2D eigenvalue weighted by Gasteiger charge is -2.32. The first-order valence-electron chi connectivity index (χ1n) is 9.77. The van der Waals surface area contributed by atoms with Gasteiger partial charge in [-0.25, -0.2) is 4.79 Å². The number of likely N-dealkylation sites (tertiary alicyclic amines) is 1. The summed E-state index contributed by atoms with van der Waals surface area (Å²) >= 11 is 0. The van der Waals surface area contributed by atoms with Crippen molar-refractivity contribution in [2.45, 2.75) is 25.7 Å². The third-order valence-corrected chi connectivity index (χ3v) is 5.42. The fourth-order valence-corrected chi connectivity index (χ4v) is 3.58. The van der Waals surface area contributed by atoms with Crippen LogP contribution in [0.4, 0.5) is 10.5 Å². The number of benzene rings is 2. The Hall–Kier alpha value is -3.33. The molecule has 0 aliphatic carbocycles. The van der Waals surface area contributed by atoms with Gasteiger partial charge in [0.15, 0.2) is 0 Å². The number of urea groups is 1. The average Bonchev–Trinajstić information content (AvgIpc) is 2.74. The van der Waals surface area contributed by atoms with Gasteiger partial charge in [0, 0.05) is 38.4 Å². The van der Waals surface area contributed by atoms with Crippen LogP contribution in [0.3, 0.4) is 0 Å². The van der Waals surface area contributed by atoms with Gasteiger partial charge in [-0.3, -0.25) is 4.79 Å². The van der Waals surface area contributed by atoms with E-state index in [-0.39, 0.29) is 11.9 Å². The van der Waals surface area contributed by atoms with Crippen molar-refractivity contribution in [3.8, 4) is 6.07 Å². The number of nitrogens with zero attached hydrogens (tertiary/aromatic N) is 3. The predicted molar refractivity (Wildman–Crippen MR) is 113 cm³/mol. The molecule has 2 aromatic carbocycles. The van der Waals surface area contributed by atoms with E-state index in [4.69, 9.17) is 5.26 Å². The van der Waals surface area contributed by atoms with E-state index in [9.17, 15) is 9.59 Å². The highest BCUT2D eigenvalue weighted by Gasteiger charge is 2.25. The van der Waals surface area contributed by atoms with E-state index < -0.39 is 0 Å². The maximum atomic E-state index is 13.1. The van der Waals surface area contributed by atoms with Gasteiger partial charge in [0.2, 0.25) is 0 Å². The van der Waals surface area contributed by atoms with E-state index in [2.05, 4.69) is 11.4 Å².